The number of fused-ring (bicyclic) bond motifs is 1. The first-order valence-electron chi connectivity index (χ1n) is 8.43. The minimum Gasteiger partial charge on any atom is -0.449 e. The van der Waals surface area contributed by atoms with Crippen molar-refractivity contribution in [3.05, 3.63) is 75.2 Å². The number of aryl methyl sites for hydroxylation is 1. The van der Waals surface area contributed by atoms with Crippen LogP contribution in [-0.2, 0) is 11.3 Å². The summed E-state index contributed by atoms with van der Waals surface area (Å²) in [6.07, 6.45) is -1.01. The van der Waals surface area contributed by atoms with Gasteiger partial charge in [-0.25, -0.2) is 9.48 Å². The van der Waals surface area contributed by atoms with Crippen LogP contribution in [0.4, 0.5) is 0 Å². The zero-order valence-electron chi connectivity index (χ0n) is 14.8. The summed E-state index contributed by atoms with van der Waals surface area (Å²) >= 11 is 5.82. The van der Waals surface area contributed by atoms with E-state index in [4.69, 9.17) is 16.3 Å². The molecule has 1 aromatic heterocycles. The van der Waals surface area contributed by atoms with Crippen molar-refractivity contribution in [3.63, 3.8) is 0 Å². The number of ketones is 1. The van der Waals surface area contributed by atoms with Crippen molar-refractivity contribution in [2.24, 2.45) is 0 Å². The number of carbonyl (C=O) groups is 2. The average molecular weight is 385 g/mol. The van der Waals surface area contributed by atoms with Gasteiger partial charge in [0, 0.05) is 22.5 Å². The number of aromatic nitrogens is 2. The van der Waals surface area contributed by atoms with Crippen LogP contribution in [0.5, 0.6) is 0 Å². The van der Waals surface area contributed by atoms with Gasteiger partial charge in [0.25, 0.3) is 5.56 Å². The molecule has 27 heavy (non-hydrogen) atoms. The molecule has 0 N–H and O–H groups in total. The molecule has 3 rings (SSSR count). The van der Waals surface area contributed by atoms with Gasteiger partial charge in [-0.1, -0.05) is 29.8 Å². The highest BCUT2D eigenvalue weighted by Gasteiger charge is 2.24. The van der Waals surface area contributed by atoms with Gasteiger partial charge < -0.3 is 4.74 Å². The van der Waals surface area contributed by atoms with Gasteiger partial charge in [0.1, 0.15) is 0 Å². The Kier molecular flexibility index (Phi) is 5.37. The van der Waals surface area contributed by atoms with Crippen LogP contribution in [0.1, 0.15) is 34.7 Å². The molecule has 7 heteroatoms. The Hall–Kier alpha value is -2.99. The summed E-state index contributed by atoms with van der Waals surface area (Å²) < 4.78 is 6.53. The van der Waals surface area contributed by atoms with Crippen LogP contribution in [0.25, 0.3) is 10.8 Å². The molecule has 0 aliphatic heterocycles. The molecular formula is C20H17ClN2O4. The molecule has 6 nitrogen and oxygen atoms in total. The zero-order chi connectivity index (χ0) is 19.6. The zero-order valence-corrected chi connectivity index (χ0v) is 15.6. The highest BCUT2D eigenvalue weighted by atomic mass is 35.5. The maximum atomic E-state index is 12.7. The monoisotopic (exact) mass is 384 g/mol. The van der Waals surface area contributed by atoms with E-state index in [2.05, 4.69) is 5.10 Å². The average Bonchev–Trinajstić information content (AvgIpc) is 2.68. The van der Waals surface area contributed by atoms with Crippen molar-refractivity contribution >= 4 is 34.1 Å². The Labute approximate surface area is 160 Å². The van der Waals surface area contributed by atoms with Gasteiger partial charge in [-0.2, -0.15) is 5.10 Å². The molecule has 0 amide bonds. The quantitative estimate of drug-likeness (QED) is 0.497. The number of Topliss-reactive ketones (excluding diaryl/α,β-unsaturated/α-hetero) is 1. The number of ether oxygens (including phenoxy) is 1. The molecule has 0 aliphatic carbocycles. The normalized spacial score (nSPS) is 12.0. The molecule has 0 radical (unpaired) electrons. The molecule has 0 unspecified atom stereocenters. The van der Waals surface area contributed by atoms with Crippen LogP contribution in [-0.4, -0.2) is 27.6 Å². The summed E-state index contributed by atoms with van der Waals surface area (Å²) in [4.78, 5) is 37.5. The standard InChI is InChI=1S/C20H17ClN2O4/c1-3-23-19(25)16-7-5-4-6-15(16)17(22-23)20(26)27-12(2)18(24)13-8-10-14(21)11-9-13/h4-12H,3H2,1-2H3/t12-/m1/s1. The summed E-state index contributed by atoms with van der Waals surface area (Å²) in [7, 11) is 0. The Morgan fingerprint density at radius 2 is 1.74 bits per heavy atom. The molecule has 0 spiro atoms. The first kappa shape index (κ1) is 18.8. The summed E-state index contributed by atoms with van der Waals surface area (Å²) in [5, 5.41) is 5.39. The van der Waals surface area contributed by atoms with E-state index in [1.807, 2.05) is 0 Å². The lowest BCUT2D eigenvalue weighted by molar-refractivity contribution is 0.0313. The number of hydrogen-bond donors (Lipinski definition) is 0. The van der Waals surface area contributed by atoms with Crippen molar-refractivity contribution in [3.8, 4) is 0 Å². The molecule has 0 aliphatic rings. The summed E-state index contributed by atoms with van der Waals surface area (Å²) in [5.74, 6) is -1.11. The lowest BCUT2D eigenvalue weighted by atomic mass is 10.1. The second-order valence-electron chi connectivity index (χ2n) is 5.93. The second-order valence-corrected chi connectivity index (χ2v) is 6.37. The van der Waals surface area contributed by atoms with E-state index in [9.17, 15) is 14.4 Å². The van der Waals surface area contributed by atoms with E-state index in [0.29, 0.717) is 27.9 Å². The van der Waals surface area contributed by atoms with Gasteiger partial charge in [-0.15, -0.1) is 0 Å². The third kappa shape index (κ3) is 3.75. The number of rotatable bonds is 5. The van der Waals surface area contributed by atoms with E-state index in [0.717, 1.165) is 0 Å². The fourth-order valence-corrected chi connectivity index (χ4v) is 2.84. The van der Waals surface area contributed by atoms with Crippen LogP contribution in [0.15, 0.2) is 53.3 Å². The maximum Gasteiger partial charge on any atom is 0.360 e. The SMILES string of the molecule is CCn1nc(C(=O)O[C@H](C)C(=O)c2ccc(Cl)cc2)c2ccccc2c1=O. The van der Waals surface area contributed by atoms with E-state index in [1.165, 1.54) is 11.6 Å². The van der Waals surface area contributed by atoms with E-state index in [1.54, 1.807) is 55.5 Å². The third-order valence-corrected chi connectivity index (χ3v) is 4.39. The summed E-state index contributed by atoms with van der Waals surface area (Å²) in [5.41, 5.74) is 0.105. The minimum absolute atomic E-state index is 0.00260. The molecule has 138 valence electrons. The molecule has 2 aromatic carbocycles. The minimum atomic E-state index is -1.01. The van der Waals surface area contributed by atoms with Gasteiger partial charge >= 0.3 is 5.97 Å². The van der Waals surface area contributed by atoms with Crippen molar-refractivity contribution < 1.29 is 14.3 Å². The topological polar surface area (TPSA) is 78.3 Å². The predicted molar refractivity (Wildman–Crippen MR) is 102 cm³/mol. The van der Waals surface area contributed by atoms with Gasteiger partial charge in [-0.05, 0) is 44.2 Å². The molecule has 0 fully saturated rings. The highest BCUT2D eigenvalue weighted by molar-refractivity contribution is 6.30. The smallest absolute Gasteiger partial charge is 0.360 e. The Bertz CT molecular complexity index is 1070. The lowest BCUT2D eigenvalue weighted by Gasteiger charge is -2.14. The van der Waals surface area contributed by atoms with E-state index < -0.39 is 12.1 Å². The molecule has 1 heterocycles. The van der Waals surface area contributed by atoms with Crippen molar-refractivity contribution in [2.75, 3.05) is 0 Å². The highest BCUT2D eigenvalue weighted by Crippen LogP contribution is 2.17. The van der Waals surface area contributed by atoms with Gasteiger partial charge in [-0.3, -0.25) is 9.59 Å². The van der Waals surface area contributed by atoms with Crippen LogP contribution < -0.4 is 5.56 Å². The molecule has 1 atom stereocenters. The number of carbonyl (C=O) groups excluding carboxylic acids is 2. The number of hydrogen-bond acceptors (Lipinski definition) is 5. The van der Waals surface area contributed by atoms with Crippen LogP contribution in [0.2, 0.25) is 5.02 Å². The van der Waals surface area contributed by atoms with Gasteiger partial charge in [0.15, 0.2) is 11.8 Å². The molecule has 3 aromatic rings. The van der Waals surface area contributed by atoms with Gasteiger partial charge in [0.2, 0.25) is 5.78 Å². The van der Waals surface area contributed by atoms with Crippen LogP contribution in [0.3, 0.4) is 0 Å². The molecular weight excluding hydrogens is 368 g/mol. The van der Waals surface area contributed by atoms with Gasteiger partial charge in [0.05, 0.1) is 5.39 Å². The van der Waals surface area contributed by atoms with Crippen LogP contribution in [0, 0.1) is 0 Å². The number of esters is 1. The summed E-state index contributed by atoms with van der Waals surface area (Å²) in [6.45, 7) is 3.56. The number of benzene rings is 2. The lowest BCUT2D eigenvalue weighted by Crippen LogP contribution is -2.29. The number of halogens is 1. The van der Waals surface area contributed by atoms with E-state index in [-0.39, 0.29) is 17.0 Å². The predicted octanol–water partition coefficient (Wildman–Crippen LogP) is 3.50. The fraction of sp³-hybridized carbons (Fsp3) is 0.200. The second kappa shape index (κ2) is 7.72. The van der Waals surface area contributed by atoms with Crippen molar-refractivity contribution in [1.29, 1.82) is 0 Å². The molecule has 0 saturated heterocycles. The first-order chi connectivity index (χ1) is 12.9. The number of nitrogens with zero attached hydrogens (tertiary/aromatic N) is 2. The third-order valence-electron chi connectivity index (χ3n) is 4.14. The van der Waals surface area contributed by atoms with Crippen molar-refractivity contribution in [1.82, 2.24) is 9.78 Å². The molecule has 0 bridgehead atoms. The Morgan fingerprint density at radius 1 is 1.11 bits per heavy atom. The maximum absolute atomic E-state index is 12.7. The fourth-order valence-electron chi connectivity index (χ4n) is 2.72. The van der Waals surface area contributed by atoms with Crippen molar-refractivity contribution in [2.45, 2.75) is 26.5 Å². The summed E-state index contributed by atoms with van der Waals surface area (Å²) in [6, 6.07) is 13.0. The van der Waals surface area contributed by atoms with Crippen LogP contribution >= 0.6 is 11.6 Å². The first-order valence-corrected chi connectivity index (χ1v) is 8.80. The Morgan fingerprint density at radius 3 is 2.37 bits per heavy atom. The largest absolute Gasteiger partial charge is 0.449 e. The molecule has 0 saturated carbocycles. The Balaban J connectivity index is 1.92. The van der Waals surface area contributed by atoms with E-state index >= 15 is 0 Å².